The van der Waals surface area contributed by atoms with E-state index in [-0.39, 0.29) is 0 Å². The molecule has 0 spiro atoms. The Labute approximate surface area is 143 Å². The monoisotopic (exact) mass is 312 g/mol. The summed E-state index contributed by atoms with van der Waals surface area (Å²) in [6.07, 6.45) is 0.946. The van der Waals surface area contributed by atoms with Gasteiger partial charge in [0, 0.05) is 0 Å². The zero-order valence-electron chi connectivity index (χ0n) is 14.0. The van der Waals surface area contributed by atoms with Crippen molar-refractivity contribution in [1.82, 2.24) is 0 Å². The molecule has 0 heterocycles. The first-order valence-corrected chi connectivity index (χ1v) is 8.30. The predicted octanol–water partition coefficient (Wildman–Crippen LogP) is 5.52. The molecule has 0 saturated heterocycles. The topological polar surface area (TPSA) is 9.23 Å². The van der Waals surface area contributed by atoms with Gasteiger partial charge in [-0.2, -0.15) is 0 Å². The van der Waals surface area contributed by atoms with Crippen LogP contribution in [0.4, 0.5) is 0 Å². The Hall–Kier alpha value is -2.80. The van der Waals surface area contributed by atoms with Crippen molar-refractivity contribution in [2.24, 2.45) is 0 Å². The first-order chi connectivity index (χ1) is 11.8. The van der Waals surface area contributed by atoms with E-state index >= 15 is 0 Å². The second-order valence-corrected chi connectivity index (χ2v) is 6.24. The van der Waals surface area contributed by atoms with Crippen LogP contribution in [0.1, 0.15) is 27.8 Å². The minimum Gasteiger partial charge on any atom is -0.497 e. The molecule has 24 heavy (non-hydrogen) atoms. The van der Waals surface area contributed by atoms with Crippen molar-refractivity contribution in [2.45, 2.75) is 13.3 Å². The summed E-state index contributed by atoms with van der Waals surface area (Å²) >= 11 is 0. The Morgan fingerprint density at radius 2 is 1.42 bits per heavy atom. The molecule has 4 rings (SSSR count). The fraction of sp³-hybridized carbons (Fsp3) is 0.130. The molecule has 0 fully saturated rings. The molecule has 0 bridgehead atoms. The van der Waals surface area contributed by atoms with E-state index in [4.69, 9.17) is 4.74 Å². The van der Waals surface area contributed by atoms with Crippen molar-refractivity contribution < 1.29 is 4.74 Å². The molecule has 0 unspecified atom stereocenters. The molecule has 0 atom stereocenters. The number of ether oxygens (including phenoxy) is 1. The lowest BCUT2D eigenvalue weighted by atomic mass is 9.92. The summed E-state index contributed by atoms with van der Waals surface area (Å²) in [7, 11) is 1.74. The molecule has 0 radical (unpaired) electrons. The summed E-state index contributed by atoms with van der Waals surface area (Å²) < 4.78 is 5.48. The quantitative estimate of drug-likeness (QED) is 0.619. The summed E-state index contributed by atoms with van der Waals surface area (Å²) in [6.45, 7) is 2.18. The summed E-state index contributed by atoms with van der Waals surface area (Å²) in [5.74, 6) is 0.938. The van der Waals surface area contributed by atoms with Crippen LogP contribution in [0.25, 0.3) is 11.1 Å². The molecule has 1 aliphatic rings. The fourth-order valence-electron chi connectivity index (χ4n) is 3.68. The Kier molecular flexibility index (Phi) is 3.70. The third-order valence-corrected chi connectivity index (χ3v) is 4.73. The van der Waals surface area contributed by atoms with E-state index in [2.05, 4.69) is 79.7 Å². The second-order valence-electron chi connectivity index (χ2n) is 6.24. The zero-order chi connectivity index (χ0) is 16.5. The van der Waals surface area contributed by atoms with Gasteiger partial charge in [-0.25, -0.2) is 0 Å². The van der Waals surface area contributed by atoms with Gasteiger partial charge in [0.25, 0.3) is 0 Å². The largest absolute Gasteiger partial charge is 0.497 e. The Bertz CT molecular complexity index is 906. The van der Waals surface area contributed by atoms with Crippen LogP contribution in [-0.2, 0) is 6.42 Å². The maximum absolute atomic E-state index is 5.48. The second kappa shape index (κ2) is 6.01. The summed E-state index contributed by atoms with van der Waals surface area (Å²) in [5, 5.41) is 0. The van der Waals surface area contributed by atoms with Gasteiger partial charge in [0.2, 0.25) is 0 Å². The number of allylic oxidation sites excluding steroid dienone is 1. The van der Waals surface area contributed by atoms with Crippen molar-refractivity contribution in [1.29, 1.82) is 0 Å². The van der Waals surface area contributed by atoms with E-state index in [9.17, 15) is 0 Å². The molecule has 0 aromatic heterocycles. The van der Waals surface area contributed by atoms with Crippen LogP contribution in [-0.4, -0.2) is 7.11 Å². The molecule has 0 N–H and O–H groups in total. The van der Waals surface area contributed by atoms with Gasteiger partial charge in [-0.15, -0.1) is 0 Å². The average molecular weight is 312 g/mol. The highest BCUT2D eigenvalue weighted by Gasteiger charge is 2.26. The van der Waals surface area contributed by atoms with Gasteiger partial charge in [0.15, 0.2) is 0 Å². The zero-order valence-corrected chi connectivity index (χ0v) is 14.0. The van der Waals surface area contributed by atoms with Crippen molar-refractivity contribution in [3.05, 3.63) is 101 Å². The number of hydrogen-bond acceptors (Lipinski definition) is 1. The van der Waals surface area contributed by atoms with Gasteiger partial charge in [0.1, 0.15) is 5.75 Å². The van der Waals surface area contributed by atoms with E-state index in [1.807, 2.05) is 0 Å². The molecule has 3 aromatic rings. The van der Waals surface area contributed by atoms with E-state index in [0.29, 0.717) is 0 Å². The lowest BCUT2D eigenvalue weighted by Crippen LogP contribution is -1.94. The third kappa shape index (κ3) is 2.43. The standard InChI is InChI=1S/C23H20O/c1-16-13-20(24-2)14-19-15-21(17-9-5-3-6-10-17)23(22(16)19)18-11-7-4-8-12-18/h3-14H,15H2,1-2H3. The smallest absolute Gasteiger partial charge is 0.119 e. The van der Waals surface area contributed by atoms with Crippen LogP contribution in [0, 0.1) is 6.92 Å². The molecular weight excluding hydrogens is 292 g/mol. The van der Waals surface area contributed by atoms with Crippen molar-refractivity contribution >= 4 is 11.1 Å². The number of fused-ring (bicyclic) bond motifs is 1. The van der Waals surface area contributed by atoms with E-state index in [0.717, 1.165) is 12.2 Å². The number of aryl methyl sites for hydroxylation is 1. The molecule has 0 aliphatic heterocycles. The minimum atomic E-state index is 0.938. The number of rotatable bonds is 3. The summed E-state index contributed by atoms with van der Waals surface area (Å²) in [6, 6.07) is 25.7. The number of benzene rings is 3. The van der Waals surface area contributed by atoms with Gasteiger partial charge in [0.05, 0.1) is 7.11 Å². The first-order valence-electron chi connectivity index (χ1n) is 8.30. The molecule has 0 amide bonds. The van der Waals surface area contributed by atoms with Crippen LogP contribution in [0.5, 0.6) is 5.75 Å². The van der Waals surface area contributed by atoms with Gasteiger partial charge in [-0.1, -0.05) is 60.7 Å². The maximum atomic E-state index is 5.48. The van der Waals surface area contributed by atoms with Crippen LogP contribution in [0.15, 0.2) is 72.8 Å². The SMILES string of the molecule is COc1cc(C)c2c(c1)CC(c1ccccc1)=C2c1ccccc1. The van der Waals surface area contributed by atoms with Crippen molar-refractivity contribution in [3.63, 3.8) is 0 Å². The van der Waals surface area contributed by atoms with Gasteiger partial charge < -0.3 is 4.74 Å². The van der Waals surface area contributed by atoms with E-state index < -0.39 is 0 Å². The van der Waals surface area contributed by atoms with Crippen LogP contribution in [0.3, 0.4) is 0 Å². The van der Waals surface area contributed by atoms with Gasteiger partial charge >= 0.3 is 0 Å². The molecule has 1 nitrogen and oxygen atoms in total. The average Bonchev–Trinajstić information content (AvgIpc) is 3.03. The van der Waals surface area contributed by atoms with Crippen LogP contribution < -0.4 is 4.74 Å². The number of methoxy groups -OCH3 is 1. The first kappa shape index (κ1) is 14.8. The molecule has 3 aromatic carbocycles. The molecule has 0 saturated carbocycles. The van der Waals surface area contributed by atoms with Crippen molar-refractivity contribution in [3.8, 4) is 5.75 Å². The molecular formula is C23H20O. The van der Waals surface area contributed by atoms with E-state index in [1.54, 1.807) is 7.11 Å². The summed E-state index contributed by atoms with van der Waals surface area (Å²) in [5.41, 5.74) is 9.32. The Morgan fingerprint density at radius 1 is 0.792 bits per heavy atom. The molecule has 1 heteroatoms. The van der Waals surface area contributed by atoms with E-state index in [1.165, 1.54) is 39.0 Å². The van der Waals surface area contributed by atoms with Gasteiger partial charge in [-0.3, -0.25) is 0 Å². The minimum absolute atomic E-state index is 0.938. The predicted molar refractivity (Wildman–Crippen MR) is 100 cm³/mol. The normalized spacial score (nSPS) is 13.1. The van der Waals surface area contributed by atoms with Gasteiger partial charge in [-0.05, 0) is 64.4 Å². The highest BCUT2D eigenvalue weighted by atomic mass is 16.5. The lowest BCUT2D eigenvalue weighted by Gasteiger charge is -2.13. The molecule has 1 aliphatic carbocycles. The Morgan fingerprint density at radius 3 is 2.04 bits per heavy atom. The summed E-state index contributed by atoms with van der Waals surface area (Å²) in [4.78, 5) is 0. The van der Waals surface area contributed by atoms with Crippen LogP contribution >= 0.6 is 0 Å². The molecule has 118 valence electrons. The van der Waals surface area contributed by atoms with Crippen LogP contribution in [0.2, 0.25) is 0 Å². The number of hydrogen-bond donors (Lipinski definition) is 0. The maximum Gasteiger partial charge on any atom is 0.119 e. The van der Waals surface area contributed by atoms with Crippen molar-refractivity contribution in [2.75, 3.05) is 7.11 Å². The third-order valence-electron chi connectivity index (χ3n) is 4.73. The Balaban J connectivity index is 1.98. The highest BCUT2D eigenvalue weighted by Crippen LogP contribution is 2.44. The highest BCUT2D eigenvalue weighted by molar-refractivity contribution is 6.04. The lowest BCUT2D eigenvalue weighted by molar-refractivity contribution is 0.414. The fourth-order valence-corrected chi connectivity index (χ4v) is 3.68.